The summed E-state index contributed by atoms with van der Waals surface area (Å²) in [6.45, 7) is 6.55. The molecule has 4 nitrogen and oxygen atoms in total. The van der Waals surface area contributed by atoms with Gasteiger partial charge in [-0.15, -0.1) is 0 Å². The van der Waals surface area contributed by atoms with E-state index in [9.17, 15) is 4.79 Å². The molecule has 1 amide bonds. The van der Waals surface area contributed by atoms with Gasteiger partial charge in [-0.1, -0.05) is 6.07 Å². The Morgan fingerprint density at radius 2 is 2.00 bits per heavy atom. The number of carbonyl (C=O) groups excluding carboxylic acids is 1. The molecule has 0 aromatic heterocycles. The second-order valence-electron chi connectivity index (χ2n) is 6.03. The zero-order chi connectivity index (χ0) is 13.9. The van der Waals surface area contributed by atoms with Crippen LogP contribution in [-0.2, 0) is 4.74 Å². The van der Waals surface area contributed by atoms with Crippen LogP contribution in [0.15, 0.2) is 24.3 Å². The van der Waals surface area contributed by atoms with Crippen molar-refractivity contribution in [2.75, 3.05) is 17.2 Å². The Balaban J connectivity index is 1.88. The Morgan fingerprint density at radius 3 is 2.63 bits per heavy atom. The fourth-order valence-corrected chi connectivity index (χ4v) is 1.71. The Hall–Kier alpha value is -1.71. The molecule has 0 atom stereocenters. The Morgan fingerprint density at radius 1 is 1.32 bits per heavy atom. The maximum atomic E-state index is 11.7. The van der Waals surface area contributed by atoms with E-state index in [2.05, 4.69) is 10.6 Å². The van der Waals surface area contributed by atoms with Gasteiger partial charge in [0, 0.05) is 17.9 Å². The monoisotopic (exact) mass is 262 g/mol. The minimum Gasteiger partial charge on any atom is -0.444 e. The molecule has 0 unspecified atom stereocenters. The molecule has 0 bridgehead atoms. The van der Waals surface area contributed by atoms with Crippen LogP contribution < -0.4 is 10.6 Å². The number of hydrogen-bond donors (Lipinski definition) is 2. The maximum Gasteiger partial charge on any atom is 0.412 e. The summed E-state index contributed by atoms with van der Waals surface area (Å²) in [4.78, 5) is 11.7. The summed E-state index contributed by atoms with van der Waals surface area (Å²) >= 11 is 0. The van der Waals surface area contributed by atoms with Crippen LogP contribution in [0, 0.1) is 5.92 Å². The van der Waals surface area contributed by atoms with E-state index < -0.39 is 11.7 Å². The van der Waals surface area contributed by atoms with E-state index in [1.807, 2.05) is 45.0 Å². The van der Waals surface area contributed by atoms with Crippen LogP contribution in [-0.4, -0.2) is 18.2 Å². The molecule has 0 spiro atoms. The Kier molecular flexibility index (Phi) is 3.98. The number of rotatable bonds is 4. The number of carbonyl (C=O) groups is 1. The molecule has 4 heteroatoms. The third-order valence-corrected chi connectivity index (χ3v) is 2.80. The van der Waals surface area contributed by atoms with Gasteiger partial charge in [-0.25, -0.2) is 4.79 Å². The van der Waals surface area contributed by atoms with E-state index in [-0.39, 0.29) is 0 Å². The molecular weight excluding hydrogens is 240 g/mol. The van der Waals surface area contributed by atoms with Crippen molar-refractivity contribution >= 4 is 17.5 Å². The first kappa shape index (κ1) is 13.7. The first-order valence-corrected chi connectivity index (χ1v) is 6.76. The van der Waals surface area contributed by atoms with Gasteiger partial charge in [-0.05, 0) is 57.7 Å². The van der Waals surface area contributed by atoms with Gasteiger partial charge in [-0.2, -0.15) is 0 Å². The Bertz CT molecular complexity index is 448. The number of ether oxygens (including phenoxy) is 1. The van der Waals surface area contributed by atoms with E-state index >= 15 is 0 Å². The largest absolute Gasteiger partial charge is 0.444 e. The number of amides is 1. The molecule has 0 radical (unpaired) electrons. The van der Waals surface area contributed by atoms with Gasteiger partial charge in [0.25, 0.3) is 0 Å². The van der Waals surface area contributed by atoms with Crippen LogP contribution in [0.3, 0.4) is 0 Å². The maximum absolute atomic E-state index is 11.7. The fraction of sp³-hybridized carbons (Fsp3) is 0.533. The van der Waals surface area contributed by atoms with Crippen molar-refractivity contribution in [1.29, 1.82) is 0 Å². The minimum absolute atomic E-state index is 0.424. The second kappa shape index (κ2) is 5.51. The lowest BCUT2D eigenvalue weighted by Crippen LogP contribution is -2.27. The van der Waals surface area contributed by atoms with Crippen LogP contribution in [0.4, 0.5) is 16.2 Å². The minimum atomic E-state index is -0.480. The molecule has 1 aliphatic rings. The summed E-state index contributed by atoms with van der Waals surface area (Å²) < 4.78 is 5.22. The van der Waals surface area contributed by atoms with Crippen LogP contribution in [0.25, 0.3) is 0 Å². The van der Waals surface area contributed by atoms with Crippen LogP contribution in [0.5, 0.6) is 0 Å². The van der Waals surface area contributed by atoms with Crippen molar-refractivity contribution in [3.05, 3.63) is 24.3 Å². The first-order chi connectivity index (χ1) is 8.92. The van der Waals surface area contributed by atoms with Crippen molar-refractivity contribution in [2.45, 2.75) is 39.2 Å². The molecule has 0 heterocycles. The highest BCUT2D eigenvalue weighted by molar-refractivity contribution is 5.85. The molecular formula is C15H22N2O2. The average molecular weight is 262 g/mol. The molecule has 1 aromatic rings. The summed E-state index contributed by atoms with van der Waals surface area (Å²) in [6, 6.07) is 7.70. The van der Waals surface area contributed by atoms with Crippen molar-refractivity contribution in [3.63, 3.8) is 0 Å². The van der Waals surface area contributed by atoms with Crippen LogP contribution in [0.1, 0.15) is 33.6 Å². The lowest BCUT2D eigenvalue weighted by atomic mass is 10.2. The predicted molar refractivity (Wildman–Crippen MR) is 77.5 cm³/mol. The van der Waals surface area contributed by atoms with Crippen molar-refractivity contribution < 1.29 is 9.53 Å². The highest BCUT2D eigenvalue weighted by atomic mass is 16.6. The summed E-state index contributed by atoms with van der Waals surface area (Å²) in [5, 5.41) is 6.12. The molecule has 2 rings (SSSR count). The lowest BCUT2D eigenvalue weighted by Gasteiger charge is -2.19. The molecule has 19 heavy (non-hydrogen) atoms. The molecule has 2 N–H and O–H groups in total. The van der Waals surface area contributed by atoms with E-state index in [1.54, 1.807) is 0 Å². The Labute approximate surface area is 114 Å². The third kappa shape index (κ3) is 5.20. The van der Waals surface area contributed by atoms with E-state index in [0.717, 1.165) is 23.8 Å². The van der Waals surface area contributed by atoms with Gasteiger partial charge in [0.05, 0.1) is 0 Å². The highest BCUT2D eigenvalue weighted by Crippen LogP contribution is 2.29. The third-order valence-electron chi connectivity index (χ3n) is 2.80. The van der Waals surface area contributed by atoms with Crippen LogP contribution in [0.2, 0.25) is 0 Å². The average Bonchev–Trinajstić information content (AvgIpc) is 3.07. The quantitative estimate of drug-likeness (QED) is 0.866. The molecule has 1 aromatic carbocycles. The topological polar surface area (TPSA) is 50.4 Å². The molecule has 1 fully saturated rings. The highest BCUT2D eigenvalue weighted by Gasteiger charge is 2.20. The number of benzene rings is 1. The zero-order valence-corrected chi connectivity index (χ0v) is 11.8. The normalized spacial score (nSPS) is 14.9. The number of nitrogens with one attached hydrogen (secondary N) is 2. The summed E-state index contributed by atoms with van der Waals surface area (Å²) in [5.74, 6) is 0.822. The van der Waals surface area contributed by atoms with E-state index in [4.69, 9.17) is 4.74 Å². The summed E-state index contributed by atoms with van der Waals surface area (Å²) in [7, 11) is 0. The SMILES string of the molecule is CC(C)(C)OC(=O)Nc1cccc(NCC2CC2)c1. The summed E-state index contributed by atoms with van der Waals surface area (Å²) in [5.41, 5.74) is 1.29. The molecule has 1 aliphatic carbocycles. The number of hydrogen-bond acceptors (Lipinski definition) is 3. The van der Waals surface area contributed by atoms with Gasteiger partial charge in [0.15, 0.2) is 0 Å². The van der Waals surface area contributed by atoms with Gasteiger partial charge >= 0.3 is 6.09 Å². The predicted octanol–water partition coefficient (Wildman–Crippen LogP) is 3.86. The smallest absolute Gasteiger partial charge is 0.412 e. The fourth-order valence-electron chi connectivity index (χ4n) is 1.71. The van der Waals surface area contributed by atoms with Crippen molar-refractivity contribution in [1.82, 2.24) is 0 Å². The van der Waals surface area contributed by atoms with Crippen molar-refractivity contribution in [2.24, 2.45) is 5.92 Å². The van der Waals surface area contributed by atoms with Gasteiger partial charge in [0.2, 0.25) is 0 Å². The molecule has 0 aliphatic heterocycles. The molecule has 104 valence electrons. The molecule has 0 saturated heterocycles. The van der Waals surface area contributed by atoms with Crippen molar-refractivity contribution in [3.8, 4) is 0 Å². The summed E-state index contributed by atoms with van der Waals surface area (Å²) in [6.07, 6.45) is 2.22. The van der Waals surface area contributed by atoms with Gasteiger partial charge < -0.3 is 10.1 Å². The standard InChI is InChI=1S/C15H22N2O2/c1-15(2,3)19-14(18)17-13-6-4-5-12(9-13)16-10-11-7-8-11/h4-6,9,11,16H,7-8,10H2,1-3H3,(H,17,18). The number of anilines is 2. The van der Waals surface area contributed by atoms with E-state index in [1.165, 1.54) is 12.8 Å². The first-order valence-electron chi connectivity index (χ1n) is 6.76. The van der Waals surface area contributed by atoms with E-state index in [0.29, 0.717) is 0 Å². The second-order valence-corrected chi connectivity index (χ2v) is 6.03. The zero-order valence-electron chi connectivity index (χ0n) is 11.8. The van der Waals surface area contributed by atoms with Gasteiger partial charge in [0.1, 0.15) is 5.60 Å². The molecule has 1 saturated carbocycles. The van der Waals surface area contributed by atoms with Gasteiger partial charge in [-0.3, -0.25) is 5.32 Å². The van der Waals surface area contributed by atoms with Crippen LogP contribution >= 0.6 is 0 Å². The lowest BCUT2D eigenvalue weighted by molar-refractivity contribution is 0.0636.